The number of carbonyl (C=O) groups excluding carboxylic acids is 1. The molecule has 3 rings (SSSR count). The molecule has 0 spiro atoms. The number of amides is 2. The number of aromatic nitrogens is 2. The van der Waals surface area contributed by atoms with E-state index in [1.54, 1.807) is 36.5 Å². The van der Waals surface area contributed by atoms with E-state index in [1.165, 1.54) is 0 Å². The second-order valence-corrected chi connectivity index (χ2v) is 5.79. The first-order valence-corrected chi connectivity index (χ1v) is 7.71. The monoisotopic (exact) mass is 361 g/mol. The van der Waals surface area contributed by atoms with Crippen LogP contribution >= 0.6 is 23.2 Å². The minimum atomic E-state index is -0.394. The van der Waals surface area contributed by atoms with Crippen LogP contribution in [0, 0.1) is 0 Å². The number of anilines is 3. The van der Waals surface area contributed by atoms with Gasteiger partial charge in [0.2, 0.25) is 0 Å². The largest absolute Gasteiger partial charge is 0.369 e. The summed E-state index contributed by atoms with van der Waals surface area (Å²) in [5.74, 6) is 0.334. The number of urea groups is 1. The van der Waals surface area contributed by atoms with Crippen LogP contribution in [0.5, 0.6) is 0 Å². The Bertz CT molecular complexity index is 894. The summed E-state index contributed by atoms with van der Waals surface area (Å²) in [6, 6.07) is 11.7. The number of nitrogens with zero attached hydrogens (tertiary/aromatic N) is 1. The van der Waals surface area contributed by atoms with Crippen LogP contribution in [0.3, 0.4) is 0 Å². The number of rotatable bonds is 3. The quantitative estimate of drug-likeness (QED) is 0.548. The molecule has 0 bridgehead atoms. The zero-order valence-corrected chi connectivity index (χ0v) is 13.8. The molecule has 1 aromatic heterocycles. The maximum absolute atomic E-state index is 12.1. The van der Waals surface area contributed by atoms with Gasteiger partial charge in [-0.3, -0.25) is 0 Å². The van der Waals surface area contributed by atoms with Crippen LogP contribution in [0.2, 0.25) is 10.0 Å². The minimum absolute atomic E-state index is 0.334. The van der Waals surface area contributed by atoms with Gasteiger partial charge in [-0.25, -0.2) is 9.78 Å². The number of halogens is 2. The first kappa shape index (κ1) is 16.2. The number of nitrogen functional groups attached to an aromatic ring is 1. The number of nitrogens with one attached hydrogen (secondary N) is 3. The van der Waals surface area contributed by atoms with Gasteiger partial charge in [0.25, 0.3) is 0 Å². The van der Waals surface area contributed by atoms with E-state index < -0.39 is 6.03 Å². The van der Waals surface area contributed by atoms with Crippen molar-refractivity contribution in [1.82, 2.24) is 9.97 Å². The molecule has 0 radical (unpaired) electrons. The van der Waals surface area contributed by atoms with Crippen molar-refractivity contribution in [1.29, 1.82) is 0 Å². The predicted molar refractivity (Wildman–Crippen MR) is 97.5 cm³/mol. The fraction of sp³-hybridized carbons (Fsp3) is 0. The number of imidazole rings is 1. The van der Waals surface area contributed by atoms with E-state index in [9.17, 15) is 4.79 Å². The number of nitrogens with two attached hydrogens (primary N) is 1. The summed E-state index contributed by atoms with van der Waals surface area (Å²) in [6.07, 6.45) is 1.63. The lowest BCUT2D eigenvalue weighted by atomic mass is 10.1. The number of aromatic amines is 1. The highest BCUT2D eigenvalue weighted by atomic mass is 35.5. The molecule has 8 heteroatoms. The van der Waals surface area contributed by atoms with Gasteiger partial charge in [0.15, 0.2) is 5.95 Å². The minimum Gasteiger partial charge on any atom is -0.369 e. The number of hydrogen-bond acceptors (Lipinski definition) is 3. The second kappa shape index (κ2) is 6.82. The predicted octanol–water partition coefficient (Wildman–Crippen LogP) is 4.61. The Morgan fingerprint density at radius 3 is 2.46 bits per heavy atom. The molecule has 1 heterocycles. The van der Waals surface area contributed by atoms with Crippen molar-refractivity contribution in [2.45, 2.75) is 0 Å². The molecule has 0 fully saturated rings. The highest BCUT2D eigenvalue weighted by Crippen LogP contribution is 2.25. The Morgan fingerprint density at radius 1 is 1.04 bits per heavy atom. The summed E-state index contributed by atoms with van der Waals surface area (Å²) in [5.41, 5.74) is 8.36. The molecule has 0 aliphatic rings. The molecule has 5 N–H and O–H groups in total. The maximum Gasteiger partial charge on any atom is 0.323 e. The lowest BCUT2D eigenvalue weighted by Crippen LogP contribution is -2.19. The van der Waals surface area contributed by atoms with Crippen LogP contribution in [0.4, 0.5) is 22.1 Å². The van der Waals surface area contributed by atoms with Gasteiger partial charge in [-0.15, -0.1) is 0 Å². The van der Waals surface area contributed by atoms with Crippen molar-refractivity contribution in [3.63, 3.8) is 0 Å². The van der Waals surface area contributed by atoms with Gasteiger partial charge in [-0.2, -0.15) is 0 Å². The van der Waals surface area contributed by atoms with E-state index in [-0.39, 0.29) is 0 Å². The zero-order valence-electron chi connectivity index (χ0n) is 12.3. The summed E-state index contributed by atoms with van der Waals surface area (Å²) in [5, 5.41) is 6.23. The van der Waals surface area contributed by atoms with E-state index >= 15 is 0 Å². The van der Waals surface area contributed by atoms with Gasteiger partial charge < -0.3 is 21.4 Å². The molecule has 6 nitrogen and oxygen atoms in total. The summed E-state index contributed by atoms with van der Waals surface area (Å²) >= 11 is 11.8. The maximum atomic E-state index is 12.1. The molecule has 0 atom stereocenters. The van der Waals surface area contributed by atoms with Crippen molar-refractivity contribution < 1.29 is 4.79 Å². The van der Waals surface area contributed by atoms with Gasteiger partial charge in [-0.05, 0) is 30.3 Å². The Morgan fingerprint density at radius 2 is 1.79 bits per heavy atom. The molecule has 24 heavy (non-hydrogen) atoms. The molecule has 0 saturated carbocycles. The van der Waals surface area contributed by atoms with Crippen LogP contribution in [0.25, 0.3) is 11.3 Å². The number of carbonyl (C=O) groups is 1. The van der Waals surface area contributed by atoms with Crippen molar-refractivity contribution in [2.24, 2.45) is 0 Å². The van der Waals surface area contributed by atoms with E-state index in [0.29, 0.717) is 27.4 Å². The third-order valence-electron chi connectivity index (χ3n) is 3.20. The molecule has 0 saturated heterocycles. The third kappa shape index (κ3) is 3.79. The summed E-state index contributed by atoms with van der Waals surface area (Å²) in [7, 11) is 0. The highest BCUT2D eigenvalue weighted by Gasteiger charge is 2.07. The fourth-order valence-electron chi connectivity index (χ4n) is 2.12. The smallest absolute Gasteiger partial charge is 0.323 e. The summed E-state index contributed by atoms with van der Waals surface area (Å²) in [6.45, 7) is 0. The van der Waals surface area contributed by atoms with Crippen LogP contribution in [0.1, 0.15) is 0 Å². The van der Waals surface area contributed by atoms with E-state index in [4.69, 9.17) is 28.9 Å². The van der Waals surface area contributed by atoms with Crippen molar-refractivity contribution in [2.75, 3.05) is 16.4 Å². The fourth-order valence-corrected chi connectivity index (χ4v) is 2.41. The Kier molecular flexibility index (Phi) is 4.59. The normalized spacial score (nSPS) is 10.4. The topological polar surface area (TPSA) is 95.8 Å². The Labute approximate surface area is 148 Å². The highest BCUT2D eigenvalue weighted by molar-refractivity contribution is 6.42. The van der Waals surface area contributed by atoms with Crippen molar-refractivity contribution in [3.8, 4) is 11.3 Å². The van der Waals surface area contributed by atoms with Crippen LogP contribution in [-0.2, 0) is 0 Å². The number of H-pyrrole nitrogens is 1. The molecule has 0 unspecified atom stereocenters. The summed E-state index contributed by atoms with van der Waals surface area (Å²) < 4.78 is 0. The van der Waals surface area contributed by atoms with Gasteiger partial charge in [0.05, 0.1) is 21.9 Å². The van der Waals surface area contributed by atoms with Gasteiger partial charge in [-0.1, -0.05) is 35.3 Å². The zero-order chi connectivity index (χ0) is 17.1. The molecule has 3 aromatic rings. The molecule has 2 amide bonds. The average Bonchev–Trinajstić information content (AvgIpc) is 2.98. The van der Waals surface area contributed by atoms with Gasteiger partial charge >= 0.3 is 6.03 Å². The second-order valence-electron chi connectivity index (χ2n) is 4.97. The van der Waals surface area contributed by atoms with Crippen molar-refractivity contribution in [3.05, 3.63) is 58.7 Å². The number of hydrogen-bond donors (Lipinski definition) is 4. The lowest BCUT2D eigenvalue weighted by Gasteiger charge is -2.09. The SMILES string of the molecule is Nc1ncc(-c2cccc(NC(=O)Nc3ccc(Cl)c(Cl)c3)c2)[nH]1. The molecule has 122 valence electrons. The van der Waals surface area contributed by atoms with Crippen LogP contribution < -0.4 is 16.4 Å². The Hall–Kier alpha value is -2.70. The van der Waals surface area contributed by atoms with E-state index in [1.807, 2.05) is 12.1 Å². The molecule has 0 aliphatic heterocycles. The molecular weight excluding hydrogens is 349 g/mol. The Balaban J connectivity index is 1.71. The van der Waals surface area contributed by atoms with Crippen LogP contribution in [0.15, 0.2) is 48.7 Å². The lowest BCUT2D eigenvalue weighted by molar-refractivity contribution is 0.262. The molecule has 2 aromatic carbocycles. The van der Waals surface area contributed by atoms with Gasteiger partial charge in [0, 0.05) is 16.9 Å². The van der Waals surface area contributed by atoms with Crippen molar-refractivity contribution >= 4 is 46.6 Å². The first-order chi connectivity index (χ1) is 11.5. The number of benzene rings is 2. The summed E-state index contributed by atoms with van der Waals surface area (Å²) in [4.78, 5) is 19.0. The van der Waals surface area contributed by atoms with E-state index in [0.717, 1.165) is 11.3 Å². The third-order valence-corrected chi connectivity index (χ3v) is 3.94. The molecular formula is C16H13Cl2N5O. The van der Waals surface area contributed by atoms with Gasteiger partial charge in [0.1, 0.15) is 0 Å². The first-order valence-electron chi connectivity index (χ1n) is 6.95. The standard InChI is InChI=1S/C16H13Cl2N5O/c17-12-5-4-11(7-13(12)18)22-16(24)21-10-3-1-2-9(6-10)14-8-20-15(19)23-14/h1-8H,(H3,19,20,23)(H2,21,22,24). The van der Waals surface area contributed by atoms with E-state index in [2.05, 4.69) is 20.6 Å². The average molecular weight is 362 g/mol. The van der Waals surface area contributed by atoms with Crippen LogP contribution in [-0.4, -0.2) is 16.0 Å². The molecule has 0 aliphatic carbocycles.